The van der Waals surface area contributed by atoms with Gasteiger partial charge in [0, 0.05) is 25.6 Å². The third-order valence-corrected chi connectivity index (χ3v) is 6.12. The van der Waals surface area contributed by atoms with Crippen LogP contribution in [0.1, 0.15) is 22.3 Å². The topological polar surface area (TPSA) is 99.5 Å². The Morgan fingerprint density at radius 1 is 1.18 bits per heavy atom. The second kappa shape index (κ2) is 8.25. The Bertz CT molecular complexity index is 1040. The van der Waals surface area contributed by atoms with E-state index in [1.165, 1.54) is 35.6 Å². The van der Waals surface area contributed by atoms with E-state index in [2.05, 4.69) is 5.32 Å². The molecule has 7 nitrogen and oxygen atoms in total. The van der Waals surface area contributed by atoms with Crippen LogP contribution in [0.2, 0.25) is 0 Å². The van der Waals surface area contributed by atoms with Crippen LogP contribution in [0.4, 0.5) is 0 Å². The van der Waals surface area contributed by atoms with Crippen LogP contribution >= 0.6 is 0 Å². The summed E-state index contributed by atoms with van der Waals surface area (Å²) in [6.45, 7) is 0.595. The number of nitrogens with zero attached hydrogens (tertiary/aromatic N) is 2. The Kier molecular flexibility index (Phi) is 5.78. The number of nitriles is 1. The number of amides is 1. The molecule has 0 aromatic heterocycles. The first-order valence-corrected chi connectivity index (χ1v) is 10.0. The van der Waals surface area contributed by atoms with Gasteiger partial charge in [0.25, 0.3) is 5.91 Å². The highest BCUT2D eigenvalue weighted by atomic mass is 32.2. The van der Waals surface area contributed by atoms with Crippen LogP contribution in [-0.4, -0.2) is 32.3 Å². The van der Waals surface area contributed by atoms with Crippen LogP contribution in [0.3, 0.4) is 0 Å². The Morgan fingerprint density at radius 3 is 2.50 bits per heavy atom. The highest BCUT2D eigenvalue weighted by molar-refractivity contribution is 7.89. The first-order chi connectivity index (χ1) is 13.4. The molecule has 0 bridgehead atoms. The quantitative estimate of drug-likeness (QED) is 0.807. The first kappa shape index (κ1) is 19.6. The third kappa shape index (κ3) is 4.22. The van der Waals surface area contributed by atoms with Crippen molar-refractivity contribution in [3.8, 4) is 6.07 Å². The Hall–Kier alpha value is -3.15. The van der Waals surface area contributed by atoms with Gasteiger partial charge in [0.15, 0.2) is 0 Å². The fourth-order valence-corrected chi connectivity index (χ4v) is 3.89. The predicted molar refractivity (Wildman–Crippen MR) is 102 cm³/mol. The lowest BCUT2D eigenvalue weighted by Gasteiger charge is -2.17. The highest BCUT2D eigenvalue weighted by Crippen LogP contribution is 2.19. The van der Waals surface area contributed by atoms with E-state index in [-0.39, 0.29) is 22.9 Å². The van der Waals surface area contributed by atoms with Gasteiger partial charge >= 0.3 is 0 Å². The second-order valence-electron chi connectivity index (χ2n) is 6.24. The molecule has 0 fully saturated rings. The summed E-state index contributed by atoms with van der Waals surface area (Å²) in [6.07, 6.45) is 0.455. The van der Waals surface area contributed by atoms with Gasteiger partial charge < -0.3 is 4.74 Å². The molecule has 8 heteroatoms. The number of nitrogens with one attached hydrogen (secondary N) is 1. The zero-order valence-electron chi connectivity index (χ0n) is 15.3. The summed E-state index contributed by atoms with van der Waals surface area (Å²) in [5.74, 6) is -0.307. The molecule has 0 saturated carbocycles. The number of sulfonamides is 1. The van der Waals surface area contributed by atoms with E-state index >= 15 is 0 Å². The van der Waals surface area contributed by atoms with Crippen molar-refractivity contribution in [1.82, 2.24) is 9.62 Å². The average molecular weight is 397 g/mol. The molecule has 1 aliphatic heterocycles. The van der Waals surface area contributed by atoms with Gasteiger partial charge in [-0.2, -0.15) is 9.57 Å². The SMILES string of the molecule is CN(Cc1ccccc1)S(=O)(=O)c1ccc(C(=O)NC2=C(C#N)CCO2)cc1. The van der Waals surface area contributed by atoms with E-state index in [0.717, 1.165) is 5.56 Å². The fraction of sp³-hybridized carbons (Fsp3) is 0.200. The predicted octanol–water partition coefficient (Wildman–Crippen LogP) is 2.39. The molecule has 0 atom stereocenters. The molecule has 0 saturated heterocycles. The van der Waals surface area contributed by atoms with Crippen molar-refractivity contribution >= 4 is 15.9 Å². The minimum atomic E-state index is -3.69. The summed E-state index contributed by atoms with van der Waals surface area (Å²) >= 11 is 0. The summed E-state index contributed by atoms with van der Waals surface area (Å²) in [4.78, 5) is 12.4. The normalized spacial score (nSPS) is 13.9. The number of carbonyl (C=O) groups excluding carboxylic acids is 1. The van der Waals surface area contributed by atoms with Crippen molar-refractivity contribution in [3.63, 3.8) is 0 Å². The Morgan fingerprint density at radius 2 is 1.86 bits per heavy atom. The van der Waals surface area contributed by atoms with Gasteiger partial charge in [0.2, 0.25) is 15.9 Å². The largest absolute Gasteiger partial charge is 0.478 e. The maximum Gasteiger partial charge on any atom is 0.257 e. The highest BCUT2D eigenvalue weighted by Gasteiger charge is 2.22. The van der Waals surface area contributed by atoms with Crippen molar-refractivity contribution in [2.24, 2.45) is 0 Å². The van der Waals surface area contributed by atoms with E-state index in [4.69, 9.17) is 10.00 Å². The molecular weight excluding hydrogens is 378 g/mol. The molecular formula is C20H19N3O4S. The van der Waals surface area contributed by atoms with Gasteiger partial charge in [0.1, 0.15) is 6.07 Å². The maximum absolute atomic E-state index is 12.7. The van der Waals surface area contributed by atoms with Crippen molar-refractivity contribution in [1.29, 1.82) is 5.26 Å². The molecule has 0 aliphatic carbocycles. The molecule has 0 radical (unpaired) electrons. The van der Waals surface area contributed by atoms with Crippen molar-refractivity contribution in [3.05, 3.63) is 77.2 Å². The Labute approximate surface area is 163 Å². The van der Waals surface area contributed by atoms with Gasteiger partial charge in [-0.25, -0.2) is 8.42 Å². The lowest BCUT2D eigenvalue weighted by Crippen LogP contribution is -2.27. The molecule has 2 aromatic rings. The van der Waals surface area contributed by atoms with Gasteiger partial charge in [-0.05, 0) is 29.8 Å². The molecule has 1 aliphatic rings. The zero-order chi connectivity index (χ0) is 20.1. The molecule has 3 rings (SSSR count). The summed E-state index contributed by atoms with van der Waals surface area (Å²) in [5.41, 5.74) is 1.53. The minimum Gasteiger partial charge on any atom is -0.478 e. The Balaban J connectivity index is 1.72. The molecule has 1 heterocycles. The van der Waals surface area contributed by atoms with Crippen LogP contribution in [-0.2, 0) is 21.3 Å². The number of hydrogen-bond acceptors (Lipinski definition) is 5. The van der Waals surface area contributed by atoms with E-state index in [1.807, 2.05) is 36.4 Å². The summed E-state index contributed by atoms with van der Waals surface area (Å²) in [6, 6.07) is 16.9. The van der Waals surface area contributed by atoms with Crippen LogP contribution < -0.4 is 5.32 Å². The van der Waals surface area contributed by atoms with Crippen LogP contribution in [0.15, 0.2) is 70.9 Å². The number of benzene rings is 2. The minimum absolute atomic E-state index is 0.0940. The molecule has 0 unspecified atom stereocenters. The molecule has 1 amide bonds. The maximum atomic E-state index is 12.7. The summed E-state index contributed by atoms with van der Waals surface area (Å²) < 4.78 is 32.0. The number of hydrogen-bond donors (Lipinski definition) is 1. The lowest BCUT2D eigenvalue weighted by atomic mass is 10.2. The molecule has 2 aromatic carbocycles. The number of carbonyl (C=O) groups is 1. The number of rotatable bonds is 6. The van der Waals surface area contributed by atoms with E-state index in [9.17, 15) is 13.2 Å². The molecule has 0 spiro atoms. The molecule has 1 N–H and O–H groups in total. The van der Waals surface area contributed by atoms with Gasteiger partial charge in [-0.1, -0.05) is 30.3 Å². The van der Waals surface area contributed by atoms with Gasteiger partial charge in [-0.3, -0.25) is 10.1 Å². The standard InChI is InChI=1S/C20H19N3O4S/c1-23(14-15-5-3-2-4-6-15)28(25,26)18-9-7-16(8-10-18)19(24)22-20-17(13-21)11-12-27-20/h2-10H,11-12,14H2,1H3,(H,22,24). The van der Waals surface area contributed by atoms with Crippen LogP contribution in [0.5, 0.6) is 0 Å². The molecule has 144 valence electrons. The molecule has 28 heavy (non-hydrogen) atoms. The van der Waals surface area contributed by atoms with E-state index in [1.54, 1.807) is 0 Å². The van der Waals surface area contributed by atoms with Crippen molar-refractivity contribution in [2.45, 2.75) is 17.9 Å². The third-order valence-electron chi connectivity index (χ3n) is 4.31. The second-order valence-corrected chi connectivity index (χ2v) is 8.29. The van der Waals surface area contributed by atoms with Gasteiger partial charge in [0.05, 0.1) is 17.1 Å². The van der Waals surface area contributed by atoms with Crippen LogP contribution in [0.25, 0.3) is 0 Å². The van der Waals surface area contributed by atoms with Crippen molar-refractivity contribution in [2.75, 3.05) is 13.7 Å². The summed E-state index contributed by atoms with van der Waals surface area (Å²) in [5, 5.41) is 11.5. The lowest BCUT2D eigenvalue weighted by molar-refractivity contribution is 0.0930. The first-order valence-electron chi connectivity index (χ1n) is 8.59. The zero-order valence-corrected chi connectivity index (χ0v) is 16.1. The monoisotopic (exact) mass is 397 g/mol. The van der Waals surface area contributed by atoms with Crippen LogP contribution in [0, 0.1) is 11.3 Å². The van der Waals surface area contributed by atoms with E-state index < -0.39 is 15.9 Å². The fourth-order valence-electron chi connectivity index (χ4n) is 2.73. The van der Waals surface area contributed by atoms with E-state index in [0.29, 0.717) is 18.6 Å². The summed E-state index contributed by atoms with van der Waals surface area (Å²) in [7, 11) is -2.18. The smallest absolute Gasteiger partial charge is 0.257 e. The van der Waals surface area contributed by atoms with Gasteiger partial charge in [-0.15, -0.1) is 0 Å². The van der Waals surface area contributed by atoms with Crippen molar-refractivity contribution < 1.29 is 17.9 Å². The number of ether oxygens (including phenoxy) is 1. The average Bonchev–Trinajstić information content (AvgIpc) is 3.16.